The van der Waals surface area contributed by atoms with Gasteiger partial charge in [0.25, 0.3) is 0 Å². The number of hydrogen-bond donors (Lipinski definition) is 0. The van der Waals surface area contributed by atoms with E-state index in [0.717, 1.165) is 34.5 Å². The Labute approximate surface area is 131 Å². The molecule has 0 fully saturated rings. The number of fused-ring (bicyclic) bond motifs is 2. The third-order valence-corrected chi connectivity index (χ3v) is 4.20. The smallest absolute Gasteiger partial charge is 0.177 e. The van der Waals surface area contributed by atoms with Crippen molar-refractivity contribution in [1.29, 1.82) is 0 Å². The summed E-state index contributed by atoms with van der Waals surface area (Å²) in [6.45, 7) is 4.17. The number of aromatic nitrogens is 6. The summed E-state index contributed by atoms with van der Waals surface area (Å²) < 4.78 is 1.73. The minimum Gasteiger partial charge on any atom is -0.244 e. The first kappa shape index (κ1) is 14.5. The molecule has 4 heterocycles. The molecule has 0 spiro atoms. The van der Waals surface area contributed by atoms with E-state index in [2.05, 4.69) is 39.1 Å². The lowest BCUT2D eigenvalue weighted by Gasteiger charge is -1.85. The standard InChI is InChI=1S/C8H8N2S.C7H8N4/c1-2-7-10-6-4-3-5-9-8(6)11-7;1-2-6-5-7-9-8-3-4-11(7)10-6/h2*3-5H,2H2,1H3. The lowest BCUT2D eigenvalue weighted by Crippen LogP contribution is -1.90. The zero-order valence-corrected chi connectivity index (χ0v) is 13.3. The molecule has 0 saturated carbocycles. The molecular weight excluding hydrogens is 296 g/mol. The summed E-state index contributed by atoms with van der Waals surface area (Å²) in [5, 5.41) is 13.1. The molecule has 0 bridgehead atoms. The Hall–Kier alpha value is -2.41. The van der Waals surface area contributed by atoms with Crippen molar-refractivity contribution >= 4 is 27.3 Å². The number of aryl methyl sites for hydroxylation is 2. The number of hydrogen-bond acceptors (Lipinski definition) is 6. The van der Waals surface area contributed by atoms with Gasteiger partial charge in [-0.3, -0.25) is 0 Å². The summed E-state index contributed by atoms with van der Waals surface area (Å²) in [7, 11) is 0. The van der Waals surface area contributed by atoms with E-state index in [-0.39, 0.29) is 0 Å². The van der Waals surface area contributed by atoms with E-state index in [1.807, 2.05) is 18.2 Å². The van der Waals surface area contributed by atoms with Crippen molar-refractivity contribution in [2.75, 3.05) is 0 Å². The Morgan fingerprint density at radius 1 is 1.18 bits per heavy atom. The maximum absolute atomic E-state index is 4.39. The summed E-state index contributed by atoms with van der Waals surface area (Å²) in [6, 6.07) is 5.85. The Morgan fingerprint density at radius 2 is 2.09 bits per heavy atom. The van der Waals surface area contributed by atoms with Crippen LogP contribution in [0.5, 0.6) is 0 Å². The summed E-state index contributed by atoms with van der Waals surface area (Å²) >= 11 is 1.68. The normalized spacial score (nSPS) is 10.6. The maximum atomic E-state index is 4.39. The molecule has 6 nitrogen and oxygen atoms in total. The van der Waals surface area contributed by atoms with Crippen molar-refractivity contribution in [2.45, 2.75) is 26.7 Å². The van der Waals surface area contributed by atoms with Crippen LogP contribution in [-0.4, -0.2) is 29.8 Å². The van der Waals surface area contributed by atoms with Gasteiger partial charge in [-0.2, -0.15) is 10.2 Å². The second-order valence-corrected chi connectivity index (χ2v) is 5.66. The van der Waals surface area contributed by atoms with Crippen LogP contribution in [0.2, 0.25) is 0 Å². The van der Waals surface area contributed by atoms with E-state index >= 15 is 0 Å². The molecule has 7 heteroatoms. The molecular formula is C15H16N6S. The molecule has 0 atom stereocenters. The molecule has 4 aromatic heterocycles. The molecule has 0 radical (unpaired) electrons. The summed E-state index contributed by atoms with van der Waals surface area (Å²) in [5.41, 5.74) is 2.88. The van der Waals surface area contributed by atoms with Crippen LogP contribution in [0, 0.1) is 0 Å². The monoisotopic (exact) mass is 312 g/mol. The largest absolute Gasteiger partial charge is 0.244 e. The van der Waals surface area contributed by atoms with Crippen molar-refractivity contribution in [2.24, 2.45) is 0 Å². The number of thiazole rings is 1. The fourth-order valence-corrected chi connectivity index (χ4v) is 2.79. The van der Waals surface area contributed by atoms with Gasteiger partial charge in [0.1, 0.15) is 10.3 Å². The van der Waals surface area contributed by atoms with E-state index in [1.54, 1.807) is 34.4 Å². The zero-order chi connectivity index (χ0) is 15.4. The van der Waals surface area contributed by atoms with Crippen molar-refractivity contribution in [3.05, 3.63) is 47.5 Å². The second kappa shape index (κ2) is 6.57. The Balaban J connectivity index is 0.000000131. The van der Waals surface area contributed by atoms with Crippen molar-refractivity contribution in [3.8, 4) is 0 Å². The summed E-state index contributed by atoms with van der Waals surface area (Å²) in [5.74, 6) is 0. The van der Waals surface area contributed by atoms with Crippen LogP contribution in [0.15, 0.2) is 36.8 Å². The highest BCUT2D eigenvalue weighted by Gasteiger charge is 2.00. The first-order valence-corrected chi connectivity index (χ1v) is 7.98. The third-order valence-electron chi connectivity index (χ3n) is 3.08. The average Bonchev–Trinajstić information content (AvgIpc) is 3.18. The molecule has 22 heavy (non-hydrogen) atoms. The topological polar surface area (TPSA) is 68.9 Å². The second-order valence-electron chi connectivity index (χ2n) is 4.59. The molecule has 0 amide bonds. The SMILES string of the molecule is CCc1cc2nnccn2n1.CCc1nc2cccnc2s1. The molecule has 4 aromatic rings. The van der Waals surface area contributed by atoms with Gasteiger partial charge in [-0.05, 0) is 25.0 Å². The lowest BCUT2D eigenvalue weighted by atomic mass is 10.3. The summed E-state index contributed by atoms with van der Waals surface area (Å²) in [6.07, 6.45) is 7.16. The molecule has 0 unspecified atom stereocenters. The summed E-state index contributed by atoms with van der Waals surface area (Å²) in [4.78, 5) is 9.64. The maximum Gasteiger partial charge on any atom is 0.177 e. The lowest BCUT2D eigenvalue weighted by molar-refractivity contribution is 0.858. The first-order valence-electron chi connectivity index (χ1n) is 7.16. The minimum absolute atomic E-state index is 0.810. The predicted molar refractivity (Wildman–Crippen MR) is 87.0 cm³/mol. The highest BCUT2D eigenvalue weighted by atomic mass is 32.1. The zero-order valence-electron chi connectivity index (χ0n) is 12.5. The Morgan fingerprint density at radius 3 is 2.82 bits per heavy atom. The van der Waals surface area contributed by atoms with Gasteiger partial charge in [0, 0.05) is 12.3 Å². The Bertz CT molecular complexity index is 742. The number of pyridine rings is 1. The first-order chi connectivity index (χ1) is 10.8. The Kier molecular flexibility index (Phi) is 4.34. The number of rotatable bonds is 2. The van der Waals surface area contributed by atoms with Gasteiger partial charge in [-0.1, -0.05) is 25.2 Å². The van der Waals surface area contributed by atoms with Crippen LogP contribution in [0.1, 0.15) is 24.5 Å². The van der Waals surface area contributed by atoms with Crippen LogP contribution in [-0.2, 0) is 12.8 Å². The predicted octanol–water partition coefficient (Wildman–Crippen LogP) is 2.94. The van der Waals surface area contributed by atoms with Crippen molar-refractivity contribution in [1.82, 2.24) is 29.8 Å². The molecule has 0 aliphatic rings. The van der Waals surface area contributed by atoms with Crippen molar-refractivity contribution in [3.63, 3.8) is 0 Å². The van der Waals surface area contributed by atoms with Crippen molar-refractivity contribution < 1.29 is 0 Å². The van der Waals surface area contributed by atoms with E-state index in [1.165, 1.54) is 5.01 Å². The van der Waals surface area contributed by atoms with E-state index < -0.39 is 0 Å². The van der Waals surface area contributed by atoms with Crippen LogP contribution in [0.4, 0.5) is 0 Å². The molecule has 4 rings (SSSR count). The fraction of sp³-hybridized carbons (Fsp3) is 0.267. The molecule has 0 saturated heterocycles. The van der Waals surface area contributed by atoms with Gasteiger partial charge < -0.3 is 0 Å². The van der Waals surface area contributed by atoms with Gasteiger partial charge in [0.05, 0.1) is 23.1 Å². The fourth-order valence-electron chi connectivity index (χ4n) is 1.94. The van der Waals surface area contributed by atoms with E-state index in [0.29, 0.717) is 0 Å². The molecule has 0 N–H and O–H groups in total. The molecule has 0 aliphatic heterocycles. The van der Waals surface area contributed by atoms with Crippen LogP contribution < -0.4 is 0 Å². The van der Waals surface area contributed by atoms with E-state index in [9.17, 15) is 0 Å². The van der Waals surface area contributed by atoms with Gasteiger partial charge in [-0.25, -0.2) is 14.5 Å². The average molecular weight is 312 g/mol. The molecule has 112 valence electrons. The third kappa shape index (κ3) is 3.09. The van der Waals surface area contributed by atoms with Gasteiger partial charge >= 0.3 is 0 Å². The van der Waals surface area contributed by atoms with Crippen LogP contribution in [0.25, 0.3) is 16.0 Å². The van der Waals surface area contributed by atoms with Gasteiger partial charge in [0.15, 0.2) is 5.65 Å². The van der Waals surface area contributed by atoms with Gasteiger partial charge in [0.2, 0.25) is 0 Å². The molecule has 0 aromatic carbocycles. The highest BCUT2D eigenvalue weighted by molar-refractivity contribution is 7.18. The minimum atomic E-state index is 0.810. The van der Waals surface area contributed by atoms with Gasteiger partial charge in [-0.15, -0.1) is 5.10 Å². The van der Waals surface area contributed by atoms with E-state index in [4.69, 9.17) is 0 Å². The van der Waals surface area contributed by atoms with Crippen LogP contribution in [0.3, 0.4) is 0 Å². The quantitative estimate of drug-likeness (QED) is 0.569. The number of nitrogens with zero attached hydrogens (tertiary/aromatic N) is 6. The molecule has 0 aliphatic carbocycles. The van der Waals surface area contributed by atoms with Crippen LogP contribution >= 0.6 is 11.3 Å². The highest BCUT2D eigenvalue weighted by Crippen LogP contribution is 2.18.